The Morgan fingerprint density at radius 3 is 2.42 bits per heavy atom. The molecule has 1 unspecified atom stereocenters. The summed E-state index contributed by atoms with van der Waals surface area (Å²) in [6.45, 7) is 10.0. The smallest absolute Gasteiger partial charge is 0.191 e. The minimum absolute atomic E-state index is 0. The molecule has 31 heavy (non-hydrogen) atoms. The number of benzene rings is 1. The molecule has 2 saturated heterocycles. The van der Waals surface area contributed by atoms with E-state index in [2.05, 4.69) is 78.7 Å². The van der Waals surface area contributed by atoms with Crippen LogP contribution in [-0.4, -0.2) is 80.8 Å². The van der Waals surface area contributed by atoms with E-state index in [1.165, 1.54) is 5.56 Å². The van der Waals surface area contributed by atoms with Gasteiger partial charge in [0.25, 0.3) is 0 Å². The molecule has 7 heteroatoms. The number of ether oxygens (including phenoxy) is 1. The molecular weight excluding hydrogens is 501 g/mol. The van der Waals surface area contributed by atoms with Crippen LogP contribution in [0.3, 0.4) is 0 Å². The Labute approximate surface area is 206 Å². The molecule has 0 aromatic heterocycles. The lowest BCUT2D eigenvalue weighted by Crippen LogP contribution is -2.53. The number of hydrogen-bond donors (Lipinski definition) is 2. The standard InChI is InChI=1S/C24H41N5O.HI/c1-5-25-23(26-19-24(28(3)4)13-17-30-18-14-24)27-22-11-15-29(16-12-22)20(2)21-9-7-6-8-10-21;/h6-10,20,22H,5,11-19H2,1-4H3,(H2,25,26,27);1H. The van der Waals surface area contributed by atoms with Crippen LogP contribution < -0.4 is 10.6 Å². The van der Waals surface area contributed by atoms with Crippen molar-refractivity contribution in [3.8, 4) is 0 Å². The molecule has 176 valence electrons. The van der Waals surface area contributed by atoms with Gasteiger partial charge in [-0.2, -0.15) is 0 Å². The molecule has 0 amide bonds. The fourth-order valence-electron chi connectivity index (χ4n) is 4.61. The van der Waals surface area contributed by atoms with E-state index >= 15 is 0 Å². The molecule has 2 aliphatic heterocycles. The van der Waals surface area contributed by atoms with Gasteiger partial charge in [0.1, 0.15) is 0 Å². The molecule has 2 heterocycles. The Bertz CT molecular complexity index is 655. The van der Waals surface area contributed by atoms with Gasteiger partial charge in [0.2, 0.25) is 0 Å². The van der Waals surface area contributed by atoms with Crippen molar-refractivity contribution in [3.05, 3.63) is 35.9 Å². The zero-order chi connectivity index (χ0) is 21.4. The lowest BCUT2D eigenvalue weighted by molar-refractivity contribution is -0.00256. The third-order valence-electron chi connectivity index (χ3n) is 6.95. The number of halogens is 1. The van der Waals surface area contributed by atoms with Crippen LogP contribution in [0, 0.1) is 0 Å². The van der Waals surface area contributed by atoms with Gasteiger partial charge in [-0.1, -0.05) is 30.3 Å². The van der Waals surface area contributed by atoms with E-state index in [0.717, 1.165) is 71.0 Å². The average molecular weight is 544 g/mol. The molecule has 0 radical (unpaired) electrons. The molecule has 0 aliphatic carbocycles. The van der Waals surface area contributed by atoms with E-state index < -0.39 is 0 Å². The van der Waals surface area contributed by atoms with Gasteiger partial charge in [0.15, 0.2) is 5.96 Å². The normalized spacial score (nSPS) is 21.4. The highest BCUT2D eigenvalue weighted by Crippen LogP contribution is 2.27. The fraction of sp³-hybridized carbons (Fsp3) is 0.708. The van der Waals surface area contributed by atoms with E-state index in [1.54, 1.807) is 0 Å². The summed E-state index contributed by atoms with van der Waals surface area (Å²) in [5, 5.41) is 7.18. The van der Waals surface area contributed by atoms with Crippen LogP contribution in [0.25, 0.3) is 0 Å². The van der Waals surface area contributed by atoms with Gasteiger partial charge in [0, 0.05) is 50.5 Å². The lowest BCUT2D eigenvalue weighted by atomic mass is 9.89. The highest BCUT2D eigenvalue weighted by Gasteiger charge is 2.35. The third kappa shape index (κ3) is 7.30. The van der Waals surface area contributed by atoms with Gasteiger partial charge in [-0.25, -0.2) is 0 Å². The number of guanidine groups is 1. The second-order valence-electron chi connectivity index (χ2n) is 8.97. The van der Waals surface area contributed by atoms with Crippen molar-refractivity contribution in [1.82, 2.24) is 20.4 Å². The van der Waals surface area contributed by atoms with Crippen LogP contribution in [0.2, 0.25) is 0 Å². The average Bonchev–Trinajstić information content (AvgIpc) is 2.79. The molecule has 0 saturated carbocycles. The van der Waals surface area contributed by atoms with Crippen molar-refractivity contribution < 1.29 is 4.74 Å². The second-order valence-corrected chi connectivity index (χ2v) is 8.97. The maximum atomic E-state index is 5.60. The Morgan fingerprint density at radius 1 is 1.19 bits per heavy atom. The summed E-state index contributed by atoms with van der Waals surface area (Å²) in [5.74, 6) is 0.958. The summed E-state index contributed by atoms with van der Waals surface area (Å²) in [4.78, 5) is 9.95. The van der Waals surface area contributed by atoms with Crippen LogP contribution >= 0.6 is 24.0 Å². The minimum Gasteiger partial charge on any atom is -0.381 e. The molecule has 6 nitrogen and oxygen atoms in total. The molecule has 1 atom stereocenters. The SMILES string of the molecule is CCNC(=NCC1(N(C)C)CCOCC1)NC1CCN(C(C)c2ccccc2)CC1.I. The summed E-state index contributed by atoms with van der Waals surface area (Å²) in [6, 6.07) is 11.8. The van der Waals surface area contributed by atoms with Crippen molar-refractivity contribution in [2.24, 2.45) is 4.99 Å². The van der Waals surface area contributed by atoms with Crippen LogP contribution in [0.5, 0.6) is 0 Å². The predicted molar refractivity (Wildman–Crippen MR) is 140 cm³/mol. The van der Waals surface area contributed by atoms with E-state index in [0.29, 0.717) is 12.1 Å². The van der Waals surface area contributed by atoms with Crippen molar-refractivity contribution >= 4 is 29.9 Å². The highest BCUT2D eigenvalue weighted by atomic mass is 127. The maximum Gasteiger partial charge on any atom is 0.191 e. The van der Waals surface area contributed by atoms with Gasteiger partial charge < -0.3 is 20.3 Å². The molecule has 0 bridgehead atoms. The monoisotopic (exact) mass is 543 g/mol. The number of nitrogens with zero attached hydrogens (tertiary/aromatic N) is 3. The van der Waals surface area contributed by atoms with E-state index in [1.807, 2.05) is 0 Å². The van der Waals surface area contributed by atoms with Crippen LogP contribution in [0.1, 0.15) is 51.1 Å². The Kier molecular flexibility index (Phi) is 11.0. The first-order chi connectivity index (χ1) is 14.5. The molecule has 3 rings (SSSR count). The molecule has 0 spiro atoms. The van der Waals surface area contributed by atoms with Gasteiger partial charge in [-0.05, 0) is 59.2 Å². The van der Waals surface area contributed by atoms with Gasteiger partial charge >= 0.3 is 0 Å². The van der Waals surface area contributed by atoms with Crippen LogP contribution in [-0.2, 0) is 4.74 Å². The highest BCUT2D eigenvalue weighted by molar-refractivity contribution is 14.0. The van der Waals surface area contributed by atoms with Crippen LogP contribution in [0.4, 0.5) is 0 Å². The number of aliphatic imine (C=N–C) groups is 1. The molecule has 2 fully saturated rings. The first kappa shape index (κ1) is 26.4. The number of nitrogens with one attached hydrogen (secondary N) is 2. The van der Waals surface area contributed by atoms with E-state index in [-0.39, 0.29) is 29.5 Å². The molecule has 2 aliphatic rings. The number of rotatable bonds is 7. The van der Waals surface area contributed by atoms with Crippen LogP contribution in [0.15, 0.2) is 35.3 Å². The first-order valence-electron chi connectivity index (χ1n) is 11.6. The number of piperidine rings is 1. The number of likely N-dealkylation sites (N-methyl/N-ethyl adjacent to an activating group) is 1. The number of hydrogen-bond acceptors (Lipinski definition) is 4. The molecular formula is C24H42IN5O. The summed E-state index contributed by atoms with van der Waals surface area (Å²) >= 11 is 0. The summed E-state index contributed by atoms with van der Waals surface area (Å²) < 4.78 is 5.60. The van der Waals surface area contributed by atoms with Gasteiger partial charge in [0.05, 0.1) is 6.54 Å². The Balaban J connectivity index is 0.00000341. The predicted octanol–water partition coefficient (Wildman–Crippen LogP) is 3.50. The molecule has 1 aromatic carbocycles. The zero-order valence-electron chi connectivity index (χ0n) is 19.8. The first-order valence-corrected chi connectivity index (χ1v) is 11.6. The Morgan fingerprint density at radius 2 is 1.84 bits per heavy atom. The van der Waals surface area contributed by atoms with Crippen molar-refractivity contribution in [1.29, 1.82) is 0 Å². The Hall–Kier alpha value is -0.900. The fourth-order valence-corrected chi connectivity index (χ4v) is 4.61. The third-order valence-corrected chi connectivity index (χ3v) is 6.95. The van der Waals surface area contributed by atoms with E-state index in [4.69, 9.17) is 9.73 Å². The summed E-state index contributed by atoms with van der Waals surface area (Å²) in [7, 11) is 4.34. The van der Waals surface area contributed by atoms with Crippen molar-refractivity contribution in [2.75, 3.05) is 53.5 Å². The van der Waals surface area contributed by atoms with Gasteiger partial charge in [-0.15, -0.1) is 24.0 Å². The molecule has 1 aromatic rings. The second kappa shape index (κ2) is 13.0. The zero-order valence-corrected chi connectivity index (χ0v) is 22.1. The largest absolute Gasteiger partial charge is 0.381 e. The topological polar surface area (TPSA) is 52.1 Å². The van der Waals surface area contributed by atoms with Crippen molar-refractivity contribution in [2.45, 2.75) is 57.2 Å². The quantitative estimate of drug-likeness (QED) is 0.314. The summed E-state index contributed by atoms with van der Waals surface area (Å²) in [6.07, 6.45) is 4.37. The van der Waals surface area contributed by atoms with Gasteiger partial charge in [-0.3, -0.25) is 9.89 Å². The van der Waals surface area contributed by atoms with E-state index in [9.17, 15) is 0 Å². The summed E-state index contributed by atoms with van der Waals surface area (Å²) in [5.41, 5.74) is 1.51. The number of likely N-dealkylation sites (tertiary alicyclic amines) is 1. The maximum absolute atomic E-state index is 5.60. The van der Waals surface area contributed by atoms with Crippen molar-refractivity contribution in [3.63, 3.8) is 0 Å². The lowest BCUT2D eigenvalue weighted by Gasteiger charge is -2.42. The molecule has 2 N–H and O–H groups in total. The minimum atomic E-state index is 0.